The standard InChI is InChI=1S/C26H21N3O4/c1-16-13-18(31-2)12-11-17(16)15-27-29-25(28-21-8-5-4-7-19(21)26(29)30)24-14-20-22(32-3)9-6-10-23(20)33-24/h4-15H,1-3H3. The molecule has 0 atom stereocenters. The lowest BCUT2D eigenvalue weighted by Crippen LogP contribution is -2.20. The van der Waals surface area contributed by atoms with E-state index in [0.717, 1.165) is 22.3 Å². The summed E-state index contributed by atoms with van der Waals surface area (Å²) in [4.78, 5) is 18.1. The Morgan fingerprint density at radius 2 is 1.82 bits per heavy atom. The van der Waals surface area contributed by atoms with Gasteiger partial charge in [0.05, 0.1) is 36.7 Å². The molecule has 5 aromatic rings. The molecule has 3 aromatic carbocycles. The average Bonchev–Trinajstić information content (AvgIpc) is 3.28. The van der Waals surface area contributed by atoms with Crippen molar-refractivity contribution < 1.29 is 13.9 Å². The van der Waals surface area contributed by atoms with Crippen LogP contribution >= 0.6 is 0 Å². The van der Waals surface area contributed by atoms with Crippen molar-refractivity contribution in [1.29, 1.82) is 0 Å². The second kappa shape index (κ2) is 8.27. The van der Waals surface area contributed by atoms with E-state index in [1.54, 1.807) is 38.6 Å². The van der Waals surface area contributed by atoms with Crippen LogP contribution in [0, 0.1) is 6.92 Å². The zero-order valence-electron chi connectivity index (χ0n) is 18.4. The number of fused-ring (bicyclic) bond motifs is 2. The number of aromatic nitrogens is 2. The Hall–Kier alpha value is -4.39. The molecule has 33 heavy (non-hydrogen) atoms. The van der Waals surface area contributed by atoms with Crippen LogP contribution in [0.15, 0.2) is 81.0 Å². The molecule has 0 unspecified atom stereocenters. The number of aryl methyl sites for hydroxylation is 1. The first-order chi connectivity index (χ1) is 16.1. The predicted octanol–water partition coefficient (Wildman–Crippen LogP) is 5.02. The lowest BCUT2D eigenvalue weighted by Gasteiger charge is -2.08. The minimum atomic E-state index is -0.287. The number of hydrogen-bond donors (Lipinski definition) is 0. The van der Waals surface area contributed by atoms with Gasteiger partial charge in [-0.25, -0.2) is 4.98 Å². The first kappa shape index (κ1) is 20.5. The van der Waals surface area contributed by atoms with Crippen molar-refractivity contribution in [2.75, 3.05) is 14.2 Å². The fraction of sp³-hybridized carbons (Fsp3) is 0.115. The van der Waals surface area contributed by atoms with Crippen LogP contribution in [0.2, 0.25) is 0 Å². The van der Waals surface area contributed by atoms with Gasteiger partial charge in [0.1, 0.15) is 17.1 Å². The fourth-order valence-corrected chi connectivity index (χ4v) is 3.75. The van der Waals surface area contributed by atoms with Crippen molar-refractivity contribution in [3.05, 3.63) is 88.2 Å². The summed E-state index contributed by atoms with van der Waals surface area (Å²) in [6, 6.07) is 20.2. The summed E-state index contributed by atoms with van der Waals surface area (Å²) in [6.45, 7) is 1.96. The highest BCUT2D eigenvalue weighted by Crippen LogP contribution is 2.32. The third-order valence-corrected chi connectivity index (χ3v) is 5.50. The molecule has 0 N–H and O–H groups in total. The van der Waals surface area contributed by atoms with Crippen molar-refractivity contribution >= 4 is 28.1 Å². The van der Waals surface area contributed by atoms with Gasteiger partial charge >= 0.3 is 0 Å². The zero-order chi connectivity index (χ0) is 22.9. The molecule has 0 amide bonds. The molecule has 7 nitrogen and oxygen atoms in total. The number of rotatable bonds is 5. The van der Waals surface area contributed by atoms with Gasteiger partial charge in [0, 0.05) is 0 Å². The lowest BCUT2D eigenvalue weighted by atomic mass is 10.1. The topological polar surface area (TPSA) is 78.8 Å². The number of methoxy groups -OCH3 is 2. The van der Waals surface area contributed by atoms with E-state index in [1.165, 1.54) is 4.68 Å². The molecule has 164 valence electrons. The van der Waals surface area contributed by atoms with Crippen LogP contribution in [-0.2, 0) is 0 Å². The van der Waals surface area contributed by atoms with E-state index in [1.807, 2.05) is 55.5 Å². The Balaban J connectivity index is 1.72. The van der Waals surface area contributed by atoms with Gasteiger partial charge in [0.25, 0.3) is 5.56 Å². The van der Waals surface area contributed by atoms with E-state index in [-0.39, 0.29) is 5.56 Å². The zero-order valence-corrected chi connectivity index (χ0v) is 18.4. The van der Waals surface area contributed by atoms with Crippen molar-refractivity contribution in [3.8, 4) is 23.1 Å². The van der Waals surface area contributed by atoms with Crippen LogP contribution in [-0.4, -0.2) is 30.1 Å². The Labute approximate surface area is 189 Å². The van der Waals surface area contributed by atoms with Crippen LogP contribution < -0.4 is 15.0 Å². The van der Waals surface area contributed by atoms with Gasteiger partial charge in [-0.1, -0.05) is 18.2 Å². The first-order valence-electron chi connectivity index (χ1n) is 10.4. The summed E-state index contributed by atoms with van der Waals surface area (Å²) in [7, 11) is 3.23. The van der Waals surface area contributed by atoms with E-state index in [2.05, 4.69) is 5.10 Å². The number of ether oxygens (including phenoxy) is 2. The molecule has 0 spiro atoms. The van der Waals surface area contributed by atoms with Crippen molar-refractivity contribution in [3.63, 3.8) is 0 Å². The van der Waals surface area contributed by atoms with E-state index < -0.39 is 0 Å². The summed E-state index contributed by atoms with van der Waals surface area (Å²) >= 11 is 0. The first-order valence-corrected chi connectivity index (χ1v) is 10.4. The highest BCUT2D eigenvalue weighted by molar-refractivity contribution is 5.88. The molecule has 0 aliphatic heterocycles. The molecule has 0 saturated carbocycles. The summed E-state index contributed by atoms with van der Waals surface area (Å²) in [6.07, 6.45) is 1.64. The molecule has 0 bridgehead atoms. The number of benzene rings is 3. The largest absolute Gasteiger partial charge is 0.497 e. The van der Waals surface area contributed by atoms with Crippen molar-refractivity contribution in [2.24, 2.45) is 5.10 Å². The number of hydrogen-bond acceptors (Lipinski definition) is 6. The van der Waals surface area contributed by atoms with Gasteiger partial charge in [-0.2, -0.15) is 9.78 Å². The normalized spacial score (nSPS) is 11.5. The number of para-hydroxylation sites is 1. The van der Waals surface area contributed by atoms with E-state index in [4.69, 9.17) is 18.9 Å². The molecule has 0 fully saturated rings. The maximum atomic E-state index is 13.4. The SMILES string of the molecule is COc1ccc(C=Nn2c(-c3cc4c(OC)cccc4o3)nc3ccccc3c2=O)c(C)c1. The molecule has 0 aliphatic rings. The third kappa shape index (κ3) is 3.63. The maximum Gasteiger partial charge on any atom is 0.282 e. The second-order valence-corrected chi connectivity index (χ2v) is 7.52. The van der Waals surface area contributed by atoms with Gasteiger partial charge in [-0.15, -0.1) is 0 Å². The molecule has 0 aliphatic carbocycles. The van der Waals surface area contributed by atoms with Crippen molar-refractivity contribution in [1.82, 2.24) is 9.66 Å². The highest BCUT2D eigenvalue weighted by Gasteiger charge is 2.17. The minimum absolute atomic E-state index is 0.287. The molecule has 2 heterocycles. The molecule has 7 heteroatoms. The predicted molar refractivity (Wildman–Crippen MR) is 128 cm³/mol. The second-order valence-electron chi connectivity index (χ2n) is 7.52. The maximum absolute atomic E-state index is 13.4. The molecular formula is C26H21N3O4. The van der Waals surface area contributed by atoms with E-state index in [0.29, 0.717) is 33.8 Å². The van der Waals surface area contributed by atoms with E-state index >= 15 is 0 Å². The summed E-state index contributed by atoms with van der Waals surface area (Å²) in [5, 5.41) is 5.78. The monoisotopic (exact) mass is 439 g/mol. The third-order valence-electron chi connectivity index (χ3n) is 5.50. The van der Waals surface area contributed by atoms with Crippen LogP contribution in [0.1, 0.15) is 11.1 Å². The Morgan fingerprint density at radius 3 is 2.61 bits per heavy atom. The number of furan rings is 1. The molecule has 0 radical (unpaired) electrons. The quantitative estimate of drug-likeness (QED) is 0.360. The van der Waals surface area contributed by atoms with Crippen LogP contribution in [0.25, 0.3) is 33.5 Å². The van der Waals surface area contributed by atoms with Gasteiger partial charge < -0.3 is 13.9 Å². The fourth-order valence-electron chi connectivity index (χ4n) is 3.75. The summed E-state index contributed by atoms with van der Waals surface area (Å²) in [5.74, 6) is 2.15. The average molecular weight is 439 g/mol. The van der Waals surface area contributed by atoms with Gasteiger partial charge in [0.15, 0.2) is 5.76 Å². The smallest absolute Gasteiger partial charge is 0.282 e. The Kier molecular flexibility index (Phi) is 5.14. The van der Waals surface area contributed by atoms with Crippen molar-refractivity contribution in [2.45, 2.75) is 6.92 Å². The molecule has 5 rings (SSSR count). The van der Waals surface area contributed by atoms with E-state index in [9.17, 15) is 4.79 Å². The van der Waals surface area contributed by atoms with Crippen LogP contribution in [0.4, 0.5) is 0 Å². The summed E-state index contributed by atoms with van der Waals surface area (Å²) < 4.78 is 18.1. The number of nitrogens with zero attached hydrogens (tertiary/aromatic N) is 3. The van der Waals surface area contributed by atoms with Gasteiger partial charge in [-0.3, -0.25) is 4.79 Å². The van der Waals surface area contributed by atoms with Gasteiger partial charge in [-0.05, 0) is 66.6 Å². The van der Waals surface area contributed by atoms with Gasteiger partial charge in [0.2, 0.25) is 5.82 Å². The molecule has 2 aromatic heterocycles. The molecule has 0 saturated heterocycles. The molecular weight excluding hydrogens is 418 g/mol. The Bertz CT molecular complexity index is 1580. The summed E-state index contributed by atoms with van der Waals surface area (Å²) in [5.41, 5.74) is 2.73. The van der Waals surface area contributed by atoms with Crippen LogP contribution in [0.5, 0.6) is 11.5 Å². The minimum Gasteiger partial charge on any atom is -0.497 e. The van der Waals surface area contributed by atoms with Crippen LogP contribution in [0.3, 0.4) is 0 Å². The lowest BCUT2D eigenvalue weighted by molar-refractivity contribution is 0.414. The highest BCUT2D eigenvalue weighted by atomic mass is 16.5. The Morgan fingerprint density at radius 1 is 0.970 bits per heavy atom.